The standard InChI is InChI=1S/C25H32FN3O6S2/c1-35-23-12-9-21(26)16-24(23)37(33,34)29-15-5-6-20(18-29)25(30)27-17-19-7-10-22(11-8-19)36(31,32)28-13-3-2-4-14-28/h7-12,16,20H,2-6,13-15,17-18H2,1H3,(H,27,30)/t20-/m0/s1. The summed E-state index contributed by atoms with van der Waals surface area (Å²) >= 11 is 0. The number of methoxy groups -OCH3 is 1. The molecule has 2 fully saturated rings. The summed E-state index contributed by atoms with van der Waals surface area (Å²) in [7, 11) is -6.27. The third-order valence-electron chi connectivity index (χ3n) is 6.84. The smallest absolute Gasteiger partial charge is 0.246 e. The molecule has 0 aliphatic carbocycles. The van der Waals surface area contributed by atoms with Crippen molar-refractivity contribution < 1.29 is 30.8 Å². The number of nitrogens with one attached hydrogen (secondary N) is 1. The summed E-state index contributed by atoms with van der Waals surface area (Å²) in [5, 5.41) is 2.83. The first kappa shape index (κ1) is 27.5. The highest BCUT2D eigenvalue weighted by Gasteiger charge is 2.35. The second-order valence-corrected chi connectivity index (χ2v) is 13.2. The predicted molar refractivity (Wildman–Crippen MR) is 135 cm³/mol. The summed E-state index contributed by atoms with van der Waals surface area (Å²) in [6.07, 6.45) is 3.76. The Kier molecular flexibility index (Phi) is 8.52. The summed E-state index contributed by atoms with van der Waals surface area (Å²) in [6.45, 7) is 1.43. The summed E-state index contributed by atoms with van der Waals surface area (Å²) in [5.41, 5.74) is 0.732. The maximum Gasteiger partial charge on any atom is 0.246 e. The van der Waals surface area contributed by atoms with Crippen LogP contribution in [0.5, 0.6) is 5.75 Å². The first-order valence-electron chi connectivity index (χ1n) is 12.3. The third-order valence-corrected chi connectivity index (χ3v) is 10.6. The Bertz CT molecular complexity index is 1330. The maximum atomic E-state index is 13.8. The average Bonchev–Trinajstić information content (AvgIpc) is 2.92. The van der Waals surface area contributed by atoms with E-state index in [4.69, 9.17) is 4.74 Å². The number of piperidine rings is 2. The Labute approximate surface area is 217 Å². The Hall–Kier alpha value is -2.54. The highest BCUT2D eigenvalue weighted by molar-refractivity contribution is 7.89. The number of ether oxygens (including phenoxy) is 1. The number of hydrogen-bond donors (Lipinski definition) is 1. The van der Waals surface area contributed by atoms with Crippen LogP contribution in [-0.2, 0) is 31.4 Å². The zero-order chi connectivity index (χ0) is 26.6. The Morgan fingerprint density at radius 3 is 2.30 bits per heavy atom. The average molecular weight is 554 g/mol. The minimum absolute atomic E-state index is 0.0269. The monoisotopic (exact) mass is 553 g/mol. The van der Waals surface area contributed by atoms with Gasteiger partial charge in [0.15, 0.2) is 0 Å². The van der Waals surface area contributed by atoms with Crippen molar-refractivity contribution in [3.05, 3.63) is 53.8 Å². The highest BCUT2D eigenvalue weighted by atomic mass is 32.2. The number of amides is 1. The van der Waals surface area contributed by atoms with E-state index in [1.165, 1.54) is 21.8 Å². The van der Waals surface area contributed by atoms with Gasteiger partial charge in [-0.25, -0.2) is 21.2 Å². The number of sulfonamides is 2. The first-order valence-corrected chi connectivity index (χ1v) is 15.2. The van der Waals surface area contributed by atoms with E-state index in [1.807, 2.05) is 0 Å². The fourth-order valence-corrected chi connectivity index (χ4v) is 7.94. The second-order valence-electron chi connectivity index (χ2n) is 9.32. The lowest BCUT2D eigenvalue weighted by molar-refractivity contribution is -0.126. The Balaban J connectivity index is 1.38. The lowest BCUT2D eigenvalue weighted by Gasteiger charge is -2.31. The van der Waals surface area contributed by atoms with E-state index >= 15 is 0 Å². The molecule has 2 heterocycles. The van der Waals surface area contributed by atoms with Crippen LogP contribution in [0.4, 0.5) is 4.39 Å². The van der Waals surface area contributed by atoms with E-state index in [-0.39, 0.29) is 41.1 Å². The van der Waals surface area contributed by atoms with Crippen LogP contribution in [0, 0.1) is 11.7 Å². The molecule has 1 N–H and O–H groups in total. The van der Waals surface area contributed by atoms with Gasteiger partial charge in [0.2, 0.25) is 26.0 Å². The van der Waals surface area contributed by atoms with Crippen LogP contribution in [0.1, 0.15) is 37.7 Å². The molecule has 2 aromatic rings. The van der Waals surface area contributed by atoms with Crippen LogP contribution < -0.4 is 10.1 Å². The second kappa shape index (κ2) is 11.5. The van der Waals surface area contributed by atoms with Crippen LogP contribution in [0.3, 0.4) is 0 Å². The van der Waals surface area contributed by atoms with E-state index in [0.717, 1.165) is 37.0 Å². The van der Waals surface area contributed by atoms with Gasteiger partial charge in [-0.1, -0.05) is 18.6 Å². The van der Waals surface area contributed by atoms with E-state index < -0.39 is 31.8 Å². The largest absolute Gasteiger partial charge is 0.495 e. The van der Waals surface area contributed by atoms with Gasteiger partial charge in [0.05, 0.1) is 17.9 Å². The van der Waals surface area contributed by atoms with Gasteiger partial charge in [0, 0.05) is 32.7 Å². The number of rotatable bonds is 8. The number of benzene rings is 2. The molecule has 4 rings (SSSR count). The SMILES string of the molecule is COc1ccc(F)cc1S(=O)(=O)N1CCC[C@H](C(=O)NCc2ccc(S(=O)(=O)N3CCCCC3)cc2)C1. The number of halogens is 1. The predicted octanol–water partition coefficient (Wildman–Crippen LogP) is 2.73. The van der Waals surface area contributed by atoms with Gasteiger partial charge in [-0.05, 0) is 61.6 Å². The van der Waals surface area contributed by atoms with Crippen LogP contribution in [0.2, 0.25) is 0 Å². The maximum absolute atomic E-state index is 13.8. The van der Waals surface area contributed by atoms with Gasteiger partial charge in [0.25, 0.3) is 0 Å². The van der Waals surface area contributed by atoms with Gasteiger partial charge in [0.1, 0.15) is 16.5 Å². The molecular formula is C25H32FN3O6S2. The molecule has 1 amide bonds. The Morgan fingerprint density at radius 1 is 0.946 bits per heavy atom. The molecule has 9 nitrogen and oxygen atoms in total. The van der Waals surface area contributed by atoms with Gasteiger partial charge >= 0.3 is 0 Å². The molecule has 0 spiro atoms. The zero-order valence-corrected chi connectivity index (χ0v) is 22.4. The van der Waals surface area contributed by atoms with Gasteiger partial charge < -0.3 is 10.1 Å². The van der Waals surface area contributed by atoms with Crippen molar-refractivity contribution in [2.45, 2.75) is 48.4 Å². The minimum atomic E-state index is -4.06. The van der Waals surface area contributed by atoms with Crippen LogP contribution in [0.25, 0.3) is 0 Å². The van der Waals surface area contributed by atoms with E-state index in [2.05, 4.69) is 5.32 Å². The molecule has 0 saturated carbocycles. The molecule has 2 aliphatic rings. The van der Waals surface area contributed by atoms with E-state index in [1.54, 1.807) is 24.3 Å². The van der Waals surface area contributed by atoms with Gasteiger partial charge in [-0.15, -0.1) is 0 Å². The summed E-state index contributed by atoms with van der Waals surface area (Å²) < 4.78 is 73.6. The third kappa shape index (κ3) is 6.14. The van der Waals surface area contributed by atoms with Crippen LogP contribution in [-0.4, -0.2) is 64.6 Å². The summed E-state index contributed by atoms with van der Waals surface area (Å²) in [6, 6.07) is 9.75. The number of carbonyl (C=O) groups excluding carboxylic acids is 1. The zero-order valence-electron chi connectivity index (χ0n) is 20.7. The topological polar surface area (TPSA) is 113 Å². The van der Waals surface area contributed by atoms with Gasteiger partial charge in [-0.2, -0.15) is 8.61 Å². The molecule has 2 aliphatic heterocycles. The lowest BCUT2D eigenvalue weighted by Crippen LogP contribution is -2.45. The lowest BCUT2D eigenvalue weighted by atomic mass is 9.99. The van der Waals surface area contributed by atoms with Gasteiger partial charge in [-0.3, -0.25) is 4.79 Å². The minimum Gasteiger partial charge on any atom is -0.495 e. The molecule has 2 saturated heterocycles. The fraction of sp³-hybridized carbons (Fsp3) is 0.480. The molecule has 0 radical (unpaired) electrons. The van der Waals surface area contributed by atoms with Crippen molar-refractivity contribution in [1.29, 1.82) is 0 Å². The van der Waals surface area contributed by atoms with E-state index in [0.29, 0.717) is 25.9 Å². The summed E-state index contributed by atoms with van der Waals surface area (Å²) in [4.78, 5) is 12.8. The first-order chi connectivity index (χ1) is 17.6. The molecule has 0 aromatic heterocycles. The molecular weight excluding hydrogens is 521 g/mol. The van der Waals surface area contributed by atoms with Crippen LogP contribution in [0.15, 0.2) is 52.3 Å². The Morgan fingerprint density at radius 2 is 1.62 bits per heavy atom. The number of carbonyl (C=O) groups is 1. The van der Waals surface area contributed by atoms with Crippen molar-refractivity contribution >= 4 is 26.0 Å². The van der Waals surface area contributed by atoms with Crippen molar-refractivity contribution in [1.82, 2.24) is 13.9 Å². The van der Waals surface area contributed by atoms with Crippen LogP contribution >= 0.6 is 0 Å². The number of hydrogen-bond acceptors (Lipinski definition) is 6. The highest BCUT2D eigenvalue weighted by Crippen LogP contribution is 2.30. The molecule has 37 heavy (non-hydrogen) atoms. The normalized spacial score (nSPS) is 19.9. The van der Waals surface area contributed by atoms with Crippen molar-refractivity contribution in [3.63, 3.8) is 0 Å². The molecule has 0 bridgehead atoms. The van der Waals surface area contributed by atoms with Crippen molar-refractivity contribution in [3.8, 4) is 5.75 Å². The van der Waals surface area contributed by atoms with E-state index in [9.17, 15) is 26.0 Å². The molecule has 2 aromatic carbocycles. The van der Waals surface area contributed by atoms with Crippen molar-refractivity contribution in [2.24, 2.45) is 5.92 Å². The van der Waals surface area contributed by atoms with Crippen molar-refractivity contribution in [2.75, 3.05) is 33.3 Å². The molecule has 1 atom stereocenters. The summed E-state index contributed by atoms with van der Waals surface area (Å²) in [5.74, 6) is -1.52. The molecule has 12 heteroatoms. The molecule has 202 valence electrons. The fourth-order valence-electron chi connectivity index (χ4n) is 4.73. The quantitative estimate of drug-likeness (QED) is 0.538. The molecule has 0 unspecified atom stereocenters. The number of nitrogens with zero attached hydrogens (tertiary/aromatic N) is 2.